The molecular formula is C14H15F4NO. The van der Waals surface area contributed by atoms with Crippen molar-refractivity contribution in [2.45, 2.75) is 37.8 Å². The predicted octanol–water partition coefficient (Wildman–Crippen LogP) is 3.11. The number of piperidine rings is 1. The van der Waals surface area contributed by atoms with Gasteiger partial charge in [0.05, 0.1) is 18.3 Å². The second-order valence-electron chi connectivity index (χ2n) is 5.49. The van der Waals surface area contributed by atoms with Gasteiger partial charge >= 0.3 is 6.18 Å². The fraction of sp³-hybridized carbons (Fsp3) is 0.571. The van der Waals surface area contributed by atoms with Gasteiger partial charge in [0, 0.05) is 18.2 Å². The lowest BCUT2D eigenvalue weighted by Crippen LogP contribution is -2.34. The Morgan fingerprint density at radius 1 is 1.25 bits per heavy atom. The van der Waals surface area contributed by atoms with Crippen LogP contribution in [0.3, 0.4) is 0 Å². The first-order chi connectivity index (χ1) is 9.43. The summed E-state index contributed by atoms with van der Waals surface area (Å²) in [5, 5.41) is 3.34. The molecule has 1 saturated heterocycles. The SMILES string of the molecule is Fc1cc(C(F)(F)F)ccc1CO[C@H]1C[C@H]2C[C@@H]1CN2. The molecule has 3 rings (SSSR count). The second-order valence-corrected chi connectivity index (χ2v) is 5.49. The highest BCUT2D eigenvalue weighted by atomic mass is 19.4. The fourth-order valence-corrected chi connectivity index (χ4v) is 3.03. The zero-order chi connectivity index (χ0) is 14.3. The number of benzene rings is 1. The van der Waals surface area contributed by atoms with Crippen LogP contribution in [0, 0.1) is 11.7 Å². The van der Waals surface area contributed by atoms with Gasteiger partial charge in [0.1, 0.15) is 5.82 Å². The van der Waals surface area contributed by atoms with Gasteiger partial charge in [-0.2, -0.15) is 13.2 Å². The summed E-state index contributed by atoms with van der Waals surface area (Å²) in [4.78, 5) is 0. The summed E-state index contributed by atoms with van der Waals surface area (Å²) >= 11 is 0. The minimum Gasteiger partial charge on any atom is -0.373 e. The molecule has 0 amide bonds. The van der Waals surface area contributed by atoms with Gasteiger partial charge in [0.2, 0.25) is 0 Å². The van der Waals surface area contributed by atoms with Crippen LogP contribution in [0.5, 0.6) is 0 Å². The Labute approximate surface area is 114 Å². The van der Waals surface area contributed by atoms with E-state index in [9.17, 15) is 17.6 Å². The molecule has 1 aromatic rings. The topological polar surface area (TPSA) is 21.3 Å². The maximum atomic E-state index is 13.6. The number of hydrogen-bond acceptors (Lipinski definition) is 2. The van der Waals surface area contributed by atoms with Crippen LogP contribution >= 0.6 is 0 Å². The van der Waals surface area contributed by atoms with Crippen LogP contribution in [0.4, 0.5) is 17.6 Å². The van der Waals surface area contributed by atoms with E-state index in [0.717, 1.165) is 31.5 Å². The Bertz CT molecular complexity index is 502. The largest absolute Gasteiger partial charge is 0.416 e. The van der Waals surface area contributed by atoms with E-state index in [1.165, 1.54) is 0 Å². The maximum absolute atomic E-state index is 13.6. The number of nitrogens with one attached hydrogen (secondary N) is 1. The molecule has 1 aliphatic heterocycles. The van der Waals surface area contributed by atoms with Crippen molar-refractivity contribution in [3.8, 4) is 0 Å². The predicted molar refractivity (Wildman–Crippen MR) is 64.5 cm³/mol. The lowest BCUT2D eigenvalue weighted by molar-refractivity contribution is -0.137. The molecule has 1 aliphatic carbocycles. The third-order valence-corrected chi connectivity index (χ3v) is 4.13. The lowest BCUT2D eigenvalue weighted by Gasteiger charge is -2.23. The number of alkyl halides is 3. The molecule has 0 aromatic heterocycles. The van der Waals surface area contributed by atoms with Crippen molar-refractivity contribution in [2.75, 3.05) is 6.54 Å². The molecule has 1 N–H and O–H groups in total. The first-order valence-electron chi connectivity index (χ1n) is 6.64. The van der Waals surface area contributed by atoms with Crippen molar-refractivity contribution in [2.24, 2.45) is 5.92 Å². The molecule has 1 heterocycles. The molecule has 110 valence electrons. The van der Waals surface area contributed by atoms with Crippen LogP contribution < -0.4 is 5.32 Å². The number of fused-ring (bicyclic) bond motifs is 2. The van der Waals surface area contributed by atoms with E-state index in [1.807, 2.05) is 0 Å². The van der Waals surface area contributed by atoms with E-state index in [2.05, 4.69) is 5.32 Å². The Balaban J connectivity index is 1.63. The quantitative estimate of drug-likeness (QED) is 0.863. The van der Waals surface area contributed by atoms with E-state index < -0.39 is 17.6 Å². The van der Waals surface area contributed by atoms with E-state index in [-0.39, 0.29) is 18.3 Å². The van der Waals surface area contributed by atoms with Gasteiger partial charge in [-0.1, -0.05) is 6.07 Å². The molecule has 0 unspecified atom stereocenters. The highest BCUT2D eigenvalue weighted by Crippen LogP contribution is 2.34. The first-order valence-corrected chi connectivity index (χ1v) is 6.64. The minimum absolute atomic E-state index is 0.0257. The van der Waals surface area contributed by atoms with Crippen LogP contribution in [0.2, 0.25) is 0 Å². The number of rotatable bonds is 3. The molecule has 6 heteroatoms. The van der Waals surface area contributed by atoms with Crippen LogP contribution in [0.25, 0.3) is 0 Å². The summed E-state index contributed by atoms with van der Waals surface area (Å²) in [6.07, 6.45) is -2.47. The van der Waals surface area contributed by atoms with Gasteiger partial charge < -0.3 is 10.1 Å². The summed E-state index contributed by atoms with van der Waals surface area (Å²) in [6, 6.07) is 3.05. The smallest absolute Gasteiger partial charge is 0.373 e. The van der Waals surface area contributed by atoms with Crippen LogP contribution in [0.1, 0.15) is 24.0 Å². The standard InChI is InChI=1S/C14H15F4NO/c15-12-4-10(14(16,17)18)2-1-8(12)7-20-13-5-11-3-9(13)6-19-11/h1-2,4,9,11,13,19H,3,5-7H2/t9-,11-,13+/m1/s1. The minimum atomic E-state index is -4.52. The lowest BCUT2D eigenvalue weighted by atomic mass is 10.1. The molecule has 1 aromatic carbocycles. The summed E-state index contributed by atoms with van der Waals surface area (Å²) in [6.45, 7) is 0.933. The van der Waals surface area contributed by atoms with Crippen molar-refractivity contribution in [1.29, 1.82) is 0 Å². The molecule has 2 bridgehead atoms. The Morgan fingerprint density at radius 3 is 2.60 bits per heavy atom. The third kappa shape index (κ3) is 2.67. The van der Waals surface area contributed by atoms with E-state index >= 15 is 0 Å². The molecule has 0 spiro atoms. The Hall–Kier alpha value is -1.14. The second kappa shape index (κ2) is 5.00. The zero-order valence-corrected chi connectivity index (χ0v) is 10.7. The van der Waals surface area contributed by atoms with Gasteiger partial charge in [-0.25, -0.2) is 4.39 Å². The number of ether oxygens (including phenoxy) is 1. The van der Waals surface area contributed by atoms with Gasteiger partial charge in [0.15, 0.2) is 0 Å². The molecule has 2 aliphatic rings. The summed E-state index contributed by atoms with van der Waals surface area (Å²) in [5.74, 6) is -0.418. The van der Waals surface area contributed by atoms with Crippen molar-refractivity contribution >= 4 is 0 Å². The van der Waals surface area contributed by atoms with Crippen LogP contribution in [0.15, 0.2) is 18.2 Å². The van der Waals surface area contributed by atoms with Crippen molar-refractivity contribution < 1.29 is 22.3 Å². The molecule has 1 saturated carbocycles. The first kappa shape index (κ1) is 13.8. The van der Waals surface area contributed by atoms with Crippen molar-refractivity contribution in [3.05, 3.63) is 35.1 Å². The van der Waals surface area contributed by atoms with Gasteiger partial charge in [-0.15, -0.1) is 0 Å². The molecule has 2 nitrogen and oxygen atoms in total. The molecule has 2 fully saturated rings. The average molecular weight is 289 g/mol. The van der Waals surface area contributed by atoms with Gasteiger partial charge in [-0.05, 0) is 30.9 Å². The number of hydrogen-bond donors (Lipinski definition) is 1. The molecule has 3 atom stereocenters. The van der Waals surface area contributed by atoms with E-state index in [4.69, 9.17) is 4.74 Å². The molecule has 20 heavy (non-hydrogen) atoms. The summed E-state index contributed by atoms with van der Waals surface area (Å²) in [7, 11) is 0. The molecule has 0 radical (unpaired) electrons. The fourth-order valence-electron chi connectivity index (χ4n) is 3.03. The number of halogens is 4. The van der Waals surface area contributed by atoms with Crippen molar-refractivity contribution in [3.63, 3.8) is 0 Å². The maximum Gasteiger partial charge on any atom is 0.416 e. The van der Waals surface area contributed by atoms with Crippen molar-refractivity contribution in [1.82, 2.24) is 5.32 Å². The Morgan fingerprint density at radius 2 is 2.05 bits per heavy atom. The normalized spacial score (nSPS) is 29.1. The molecular weight excluding hydrogens is 274 g/mol. The summed E-state index contributed by atoms with van der Waals surface area (Å²) < 4.78 is 56.6. The average Bonchev–Trinajstić information content (AvgIpc) is 2.98. The summed E-state index contributed by atoms with van der Waals surface area (Å²) in [5.41, 5.74) is -0.795. The van der Waals surface area contributed by atoms with E-state index in [1.54, 1.807) is 0 Å². The Kier molecular flexibility index (Phi) is 3.46. The van der Waals surface area contributed by atoms with E-state index in [0.29, 0.717) is 18.0 Å². The van der Waals surface area contributed by atoms with Gasteiger partial charge in [0.25, 0.3) is 0 Å². The van der Waals surface area contributed by atoms with Crippen LogP contribution in [-0.4, -0.2) is 18.7 Å². The highest BCUT2D eigenvalue weighted by Gasteiger charge is 2.40. The third-order valence-electron chi connectivity index (χ3n) is 4.13. The monoisotopic (exact) mass is 289 g/mol. The van der Waals surface area contributed by atoms with Crippen LogP contribution in [-0.2, 0) is 17.5 Å². The van der Waals surface area contributed by atoms with Gasteiger partial charge in [-0.3, -0.25) is 0 Å². The highest BCUT2D eigenvalue weighted by molar-refractivity contribution is 5.26. The zero-order valence-electron chi connectivity index (χ0n) is 10.7.